The number of imidazole rings is 1. The summed E-state index contributed by atoms with van der Waals surface area (Å²) in [7, 11) is 1.62. The molecule has 0 radical (unpaired) electrons. The van der Waals surface area contributed by atoms with Crippen molar-refractivity contribution in [1.29, 1.82) is 0 Å². The Morgan fingerprint density at radius 1 is 1.07 bits per heavy atom. The highest BCUT2D eigenvalue weighted by molar-refractivity contribution is 5.94. The number of aromatic nitrogens is 2. The molecule has 6 rings (SSSR count). The van der Waals surface area contributed by atoms with Crippen LogP contribution in [-0.4, -0.2) is 82.0 Å². The van der Waals surface area contributed by atoms with Gasteiger partial charge in [-0.15, -0.1) is 0 Å². The Bertz CT molecular complexity index is 1410. The minimum absolute atomic E-state index is 0.116. The Balaban J connectivity index is 1.18. The molecule has 1 aliphatic carbocycles. The lowest BCUT2D eigenvalue weighted by Crippen LogP contribution is -2.60. The fourth-order valence-electron chi connectivity index (χ4n) is 7.10. The summed E-state index contributed by atoms with van der Waals surface area (Å²) in [5.74, 6) is 0.628. The van der Waals surface area contributed by atoms with Gasteiger partial charge in [0.1, 0.15) is 17.3 Å². The molecular formula is C34H42N6O4. The van der Waals surface area contributed by atoms with E-state index in [0.717, 1.165) is 48.4 Å². The predicted octanol–water partition coefficient (Wildman–Crippen LogP) is 3.69. The molecule has 10 nitrogen and oxygen atoms in total. The summed E-state index contributed by atoms with van der Waals surface area (Å²) in [5.41, 5.74) is 2.18. The molecule has 2 N–H and O–H groups in total. The third-order valence-corrected chi connectivity index (χ3v) is 9.61. The van der Waals surface area contributed by atoms with Crippen LogP contribution in [0.4, 0.5) is 5.69 Å². The maximum atomic E-state index is 14.2. The summed E-state index contributed by atoms with van der Waals surface area (Å²) >= 11 is 0. The van der Waals surface area contributed by atoms with Crippen LogP contribution in [0.2, 0.25) is 0 Å². The zero-order valence-electron chi connectivity index (χ0n) is 25.4. The zero-order chi connectivity index (χ0) is 30.5. The third-order valence-electron chi connectivity index (χ3n) is 9.61. The molecule has 0 bridgehead atoms. The number of methoxy groups -OCH3 is 1. The molecule has 1 aromatic heterocycles. The molecule has 2 saturated heterocycles. The first kappa shape index (κ1) is 29.7. The van der Waals surface area contributed by atoms with E-state index < -0.39 is 11.6 Å². The van der Waals surface area contributed by atoms with Crippen molar-refractivity contribution in [2.45, 2.75) is 75.4 Å². The Labute approximate surface area is 258 Å². The SMILES string of the molecule is COc1ccc(CC(NC(=O)CCc2cnc[nH]2)C(=O)N2CCC3(CC2)C(=O)N(C2CCCC2)CN3c2ccccc2)cc1. The first-order chi connectivity index (χ1) is 21.5. The zero-order valence-corrected chi connectivity index (χ0v) is 25.4. The fraction of sp³-hybridized carbons (Fsp3) is 0.471. The second-order valence-corrected chi connectivity index (χ2v) is 12.2. The smallest absolute Gasteiger partial charge is 0.250 e. The molecule has 3 aromatic rings. The molecule has 3 aliphatic rings. The molecule has 232 valence electrons. The average molecular weight is 599 g/mol. The van der Waals surface area contributed by atoms with Gasteiger partial charge in [0.25, 0.3) is 0 Å². The van der Waals surface area contributed by atoms with Crippen molar-refractivity contribution >= 4 is 23.4 Å². The number of hydrogen-bond donors (Lipinski definition) is 2. The van der Waals surface area contributed by atoms with Crippen LogP contribution in [0.3, 0.4) is 0 Å². The highest BCUT2D eigenvalue weighted by atomic mass is 16.5. The van der Waals surface area contributed by atoms with Crippen LogP contribution >= 0.6 is 0 Å². The molecule has 10 heteroatoms. The van der Waals surface area contributed by atoms with Crippen molar-refractivity contribution in [3.05, 3.63) is 78.4 Å². The topological polar surface area (TPSA) is 111 Å². The van der Waals surface area contributed by atoms with Crippen molar-refractivity contribution in [3.8, 4) is 5.75 Å². The van der Waals surface area contributed by atoms with Crippen molar-refractivity contribution in [1.82, 2.24) is 25.1 Å². The van der Waals surface area contributed by atoms with Crippen LogP contribution in [0.1, 0.15) is 56.2 Å². The number of carbonyl (C=O) groups is 3. The lowest BCUT2D eigenvalue weighted by molar-refractivity contribution is -0.141. The summed E-state index contributed by atoms with van der Waals surface area (Å²) < 4.78 is 5.30. The van der Waals surface area contributed by atoms with E-state index in [4.69, 9.17) is 4.74 Å². The number of amides is 3. The first-order valence-electron chi connectivity index (χ1n) is 15.8. The van der Waals surface area contributed by atoms with E-state index in [1.54, 1.807) is 19.6 Å². The van der Waals surface area contributed by atoms with Crippen LogP contribution in [0.15, 0.2) is 67.1 Å². The molecule has 44 heavy (non-hydrogen) atoms. The molecule has 2 aromatic carbocycles. The molecule has 1 spiro atoms. The van der Waals surface area contributed by atoms with Crippen molar-refractivity contribution in [2.75, 3.05) is 31.8 Å². The number of aromatic amines is 1. The highest BCUT2D eigenvalue weighted by Gasteiger charge is 2.55. The monoisotopic (exact) mass is 598 g/mol. The Morgan fingerprint density at radius 2 is 1.80 bits per heavy atom. The summed E-state index contributed by atoms with van der Waals surface area (Å²) in [6, 6.07) is 17.3. The van der Waals surface area contributed by atoms with Crippen molar-refractivity contribution < 1.29 is 19.1 Å². The van der Waals surface area contributed by atoms with Gasteiger partial charge in [-0.05, 0) is 61.9 Å². The van der Waals surface area contributed by atoms with Crippen LogP contribution in [0.25, 0.3) is 0 Å². The lowest BCUT2D eigenvalue weighted by atomic mass is 9.84. The summed E-state index contributed by atoms with van der Waals surface area (Å²) in [6.45, 7) is 1.50. The number of para-hydroxylation sites is 1. The number of benzene rings is 2. The van der Waals surface area contributed by atoms with Gasteiger partial charge in [0, 0.05) is 49.6 Å². The van der Waals surface area contributed by atoms with E-state index in [1.165, 1.54) is 0 Å². The molecular weight excluding hydrogens is 556 g/mol. The summed E-state index contributed by atoms with van der Waals surface area (Å²) in [4.78, 5) is 54.5. The largest absolute Gasteiger partial charge is 0.497 e. The number of piperidine rings is 1. The number of aryl methyl sites for hydroxylation is 1. The average Bonchev–Trinajstić information content (AvgIpc) is 3.84. The van der Waals surface area contributed by atoms with Gasteiger partial charge < -0.3 is 29.7 Å². The van der Waals surface area contributed by atoms with E-state index in [1.807, 2.05) is 47.4 Å². The number of likely N-dealkylation sites (tertiary alicyclic amines) is 1. The quantitative estimate of drug-likeness (QED) is 0.369. The lowest BCUT2D eigenvalue weighted by Gasteiger charge is -2.44. The van der Waals surface area contributed by atoms with E-state index in [0.29, 0.717) is 51.5 Å². The number of rotatable bonds is 10. The van der Waals surface area contributed by atoms with Crippen LogP contribution in [0, 0.1) is 0 Å². The fourth-order valence-corrected chi connectivity index (χ4v) is 7.10. The van der Waals surface area contributed by atoms with Gasteiger partial charge in [-0.1, -0.05) is 43.2 Å². The maximum Gasteiger partial charge on any atom is 0.250 e. The predicted molar refractivity (Wildman–Crippen MR) is 167 cm³/mol. The molecule has 3 fully saturated rings. The van der Waals surface area contributed by atoms with Gasteiger partial charge in [0.15, 0.2) is 0 Å². The van der Waals surface area contributed by atoms with E-state index in [2.05, 4.69) is 37.2 Å². The first-order valence-corrected chi connectivity index (χ1v) is 15.8. The normalized spacial score (nSPS) is 19.0. The number of hydrogen-bond acceptors (Lipinski definition) is 6. The van der Waals surface area contributed by atoms with E-state index >= 15 is 0 Å². The number of H-pyrrole nitrogens is 1. The standard InChI is InChI=1S/C34H42N6O4/c1-44-29-14-11-25(12-15-29)21-30(37-31(41)16-13-26-22-35-23-36-26)32(42)38-19-17-34(18-20-38)33(43)39(27-7-5-6-8-27)24-40(34)28-9-3-2-4-10-28/h2-4,9-12,14-15,22-23,27,30H,5-8,13,16-21,24H2,1H3,(H,35,36)(H,37,41). The molecule has 3 heterocycles. The number of anilines is 1. The Kier molecular flexibility index (Phi) is 8.86. The van der Waals surface area contributed by atoms with Crippen LogP contribution in [-0.2, 0) is 27.2 Å². The second kappa shape index (κ2) is 13.1. The molecule has 3 amide bonds. The number of nitrogens with one attached hydrogen (secondary N) is 2. The number of carbonyl (C=O) groups excluding carboxylic acids is 3. The molecule has 2 aliphatic heterocycles. The van der Waals surface area contributed by atoms with Gasteiger partial charge in [-0.2, -0.15) is 0 Å². The molecule has 1 saturated carbocycles. The summed E-state index contributed by atoms with van der Waals surface area (Å²) in [5, 5.41) is 3.02. The van der Waals surface area contributed by atoms with Crippen LogP contribution < -0.4 is 15.0 Å². The third kappa shape index (κ3) is 6.16. The van der Waals surface area contributed by atoms with E-state index in [-0.39, 0.29) is 24.1 Å². The van der Waals surface area contributed by atoms with Crippen molar-refractivity contribution in [3.63, 3.8) is 0 Å². The Morgan fingerprint density at radius 3 is 2.45 bits per heavy atom. The van der Waals surface area contributed by atoms with Gasteiger partial charge in [-0.25, -0.2) is 4.98 Å². The number of ether oxygens (including phenoxy) is 1. The second-order valence-electron chi connectivity index (χ2n) is 12.2. The van der Waals surface area contributed by atoms with Gasteiger partial charge in [0.05, 0.1) is 20.1 Å². The minimum Gasteiger partial charge on any atom is -0.497 e. The summed E-state index contributed by atoms with van der Waals surface area (Å²) in [6.07, 6.45) is 9.97. The van der Waals surface area contributed by atoms with Crippen LogP contribution in [0.5, 0.6) is 5.75 Å². The van der Waals surface area contributed by atoms with E-state index in [9.17, 15) is 14.4 Å². The van der Waals surface area contributed by atoms with Crippen molar-refractivity contribution in [2.24, 2.45) is 0 Å². The molecule has 1 unspecified atom stereocenters. The highest BCUT2D eigenvalue weighted by Crippen LogP contribution is 2.42. The maximum absolute atomic E-state index is 14.2. The van der Waals surface area contributed by atoms with Gasteiger partial charge in [-0.3, -0.25) is 14.4 Å². The molecule has 1 atom stereocenters. The van der Waals surface area contributed by atoms with Gasteiger partial charge >= 0.3 is 0 Å². The van der Waals surface area contributed by atoms with Gasteiger partial charge in [0.2, 0.25) is 17.7 Å². The Hall–Kier alpha value is -4.34. The minimum atomic E-state index is -0.716. The number of nitrogens with zero attached hydrogens (tertiary/aromatic N) is 4.